The van der Waals surface area contributed by atoms with Crippen LogP contribution in [0.4, 0.5) is 5.69 Å². The smallest absolute Gasteiger partial charge is 0.257 e. The molecule has 7 heteroatoms. The first-order chi connectivity index (χ1) is 17.1. The molecule has 2 N–H and O–H groups in total. The molecular formula is C28H31N3O4. The normalized spacial score (nSPS) is 12.5. The van der Waals surface area contributed by atoms with Crippen molar-refractivity contribution in [2.45, 2.75) is 26.4 Å². The second kappa shape index (κ2) is 11.4. The van der Waals surface area contributed by atoms with Crippen molar-refractivity contribution in [3.05, 3.63) is 89.0 Å². The summed E-state index contributed by atoms with van der Waals surface area (Å²) in [6.45, 7) is 4.51. The number of carbonyl (C=O) groups is 2. The fourth-order valence-electron chi connectivity index (χ4n) is 4.16. The maximum Gasteiger partial charge on any atom is 0.257 e. The van der Waals surface area contributed by atoms with Crippen LogP contribution in [0.1, 0.15) is 34.0 Å². The highest BCUT2D eigenvalue weighted by Crippen LogP contribution is 2.28. The van der Waals surface area contributed by atoms with E-state index in [4.69, 9.17) is 9.47 Å². The quantitative estimate of drug-likeness (QED) is 0.495. The van der Waals surface area contributed by atoms with Gasteiger partial charge < -0.3 is 25.0 Å². The highest BCUT2D eigenvalue weighted by atomic mass is 16.5. The predicted molar refractivity (Wildman–Crippen MR) is 136 cm³/mol. The first-order valence-corrected chi connectivity index (χ1v) is 11.8. The van der Waals surface area contributed by atoms with Gasteiger partial charge in [-0.2, -0.15) is 0 Å². The number of anilines is 1. The van der Waals surface area contributed by atoms with Gasteiger partial charge in [-0.1, -0.05) is 30.3 Å². The first-order valence-electron chi connectivity index (χ1n) is 11.8. The summed E-state index contributed by atoms with van der Waals surface area (Å²) in [5.74, 6) is 0.649. The highest BCUT2D eigenvalue weighted by Gasteiger charge is 2.16. The van der Waals surface area contributed by atoms with Crippen LogP contribution >= 0.6 is 0 Å². The molecule has 0 fully saturated rings. The molecule has 0 unspecified atom stereocenters. The van der Waals surface area contributed by atoms with Gasteiger partial charge in [0.15, 0.2) is 18.1 Å². The van der Waals surface area contributed by atoms with Crippen LogP contribution in [0.3, 0.4) is 0 Å². The molecule has 1 aliphatic heterocycles. The monoisotopic (exact) mass is 473 g/mol. The average molecular weight is 474 g/mol. The lowest BCUT2D eigenvalue weighted by atomic mass is 9.99. The lowest BCUT2D eigenvalue weighted by Crippen LogP contribution is -2.30. The molecular weight excluding hydrogens is 442 g/mol. The Balaban J connectivity index is 1.32. The van der Waals surface area contributed by atoms with E-state index in [2.05, 4.69) is 39.8 Å². The van der Waals surface area contributed by atoms with Crippen molar-refractivity contribution in [2.24, 2.45) is 0 Å². The van der Waals surface area contributed by atoms with Gasteiger partial charge in [0.05, 0.1) is 7.11 Å². The molecule has 4 rings (SSSR count). The van der Waals surface area contributed by atoms with Crippen LogP contribution in [0.5, 0.6) is 11.5 Å². The van der Waals surface area contributed by atoms with Crippen LogP contribution in [0, 0.1) is 0 Å². The number of amides is 2. The van der Waals surface area contributed by atoms with E-state index < -0.39 is 0 Å². The molecule has 1 heterocycles. The van der Waals surface area contributed by atoms with Gasteiger partial charge in [-0.05, 0) is 66.4 Å². The topological polar surface area (TPSA) is 79.9 Å². The number of methoxy groups -OCH3 is 1. The predicted octanol–water partition coefficient (Wildman–Crippen LogP) is 3.70. The van der Waals surface area contributed by atoms with Crippen molar-refractivity contribution in [1.82, 2.24) is 10.6 Å². The zero-order valence-corrected chi connectivity index (χ0v) is 20.2. The number of ether oxygens (including phenoxy) is 2. The van der Waals surface area contributed by atoms with Crippen molar-refractivity contribution < 1.29 is 19.1 Å². The Hall–Kier alpha value is -4.00. The molecule has 0 saturated carbocycles. The summed E-state index contributed by atoms with van der Waals surface area (Å²) in [6, 6.07) is 21.7. The summed E-state index contributed by atoms with van der Waals surface area (Å²) in [5.41, 5.74) is 5.36. The van der Waals surface area contributed by atoms with Crippen molar-refractivity contribution in [2.75, 3.05) is 31.7 Å². The fourth-order valence-corrected chi connectivity index (χ4v) is 4.16. The minimum Gasteiger partial charge on any atom is -0.493 e. The highest BCUT2D eigenvalue weighted by molar-refractivity contribution is 5.94. The lowest BCUT2D eigenvalue weighted by Gasteiger charge is -2.30. The zero-order chi connectivity index (χ0) is 24.6. The average Bonchev–Trinajstić information content (AvgIpc) is 2.90. The first kappa shape index (κ1) is 24.1. The number of hydrogen-bond donors (Lipinski definition) is 2. The van der Waals surface area contributed by atoms with Crippen molar-refractivity contribution in [1.29, 1.82) is 0 Å². The SMILES string of the molecule is CCNC(=O)COc1ccc(CNC(=O)c2ccc(N3CCc4ccccc4C3)cc2)cc1OC. The summed E-state index contributed by atoms with van der Waals surface area (Å²) in [4.78, 5) is 26.7. The van der Waals surface area contributed by atoms with Gasteiger partial charge in [0.2, 0.25) is 0 Å². The number of hydrogen-bond acceptors (Lipinski definition) is 5. The number of fused-ring (bicyclic) bond motifs is 1. The van der Waals surface area contributed by atoms with E-state index in [1.165, 1.54) is 11.1 Å². The molecule has 0 spiro atoms. The second-order valence-electron chi connectivity index (χ2n) is 8.40. The molecule has 182 valence electrons. The summed E-state index contributed by atoms with van der Waals surface area (Å²) in [6.07, 6.45) is 1.03. The number of benzene rings is 3. The van der Waals surface area contributed by atoms with E-state index in [1.807, 2.05) is 37.3 Å². The molecule has 0 saturated heterocycles. The van der Waals surface area contributed by atoms with E-state index in [9.17, 15) is 9.59 Å². The van der Waals surface area contributed by atoms with Gasteiger partial charge in [-0.25, -0.2) is 0 Å². The molecule has 0 aromatic heterocycles. The third kappa shape index (κ3) is 6.12. The Labute approximate surface area is 206 Å². The van der Waals surface area contributed by atoms with E-state index in [0.717, 1.165) is 30.8 Å². The summed E-state index contributed by atoms with van der Waals surface area (Å²) in [7, 11) is 1.54. The summed E-state index contributed by atoms with van der Waals surface area (Å²) in [5, 5.41) is 5.64. The molecule has 0 aliphatic carbocycles. The van der Waals surface area contributed by atoms with Gasteiger partial charge in [0.25, 0.3) is 11.8 Å². The Morgan fingerprint density at radius 1 is 0.943 bits per heavy atom. The number of nitrogens with zero attached hydrogens (tertiary/aromatic N) is 1. The number of carbonyl (C=O) groups excluding carboxylic acids is 2. The maximum absolute atomic E-state index is 12.7. The van der Waals surface area contributed by atoms with Crippen LogP contribution in [-0.4, -0.2) is 38.6 Å². The standard InChI is InChI=1S/C28H31N3O4/c1-3-29-27(32)19-35-25-13-8-20(16-26(25)34-2)17-30-28(33)22-9-11-24(12-10-22)31-15-14-21-6-4-5-7-23(21)18-31/h4-13,16H,3,14-15,17-19H2,1-2H3,(H,29,32)(H,30,33). The Bertz CT molecular complexity index is 1180. The third-order valence-electron chi connectivity index (χ3n) is 6.04. The molecule has 35 heavy (non-hydrogen) atoms. The van der Waals surface area contributed by atoms with Crippen LogP contribution in [0.25, 0.3) is 0 Å². The molecule has 1 aliphatic rings. The lowest BCUT2D eigenvalue weighted by molar-refractivity contribution is -0.123. The molecule has 0 bridgehead atoms. The number of rotatable bonds is 9. The molecule has 0 atom stereocenters. The molecule has 3 aromatic carbocycles. The van der Waals surface area contributed by atoms with E-state index >= 15 is 0 Å². The third-order valence-corrected chi connectivity index (χ3v) is 6.04. The van der Waals surface area contributed by atoms with Crippen LogP contribution < -0.4 is 25.0 Å². The zero-order valence-electron chi connectivity index (χ0n) is 20.2. The van der Waals surface area contributed by atoms with Crippen molar-refractivity contribution >= 4 is 17.5 Å². The molecule has 0 radical (unpaired) electrons. The van der Waals surface area contributed by atoms with Gasteiger partial charge in [0, 0.05) is 37.4 Å². The van der Waals surface area contributed by atoms with Gasteiger partial charge in [-0.15, -0.1) is 0 Å². The molecule has 7 nitrogen and oxygen atoms in total. The van der Waals surface area contributed by atoms with Crippen LogP contribution in [-0.2, 0) is 24.3 Å². The van der Waals surface area contributed by atoms with Crippen molar-refractivity contribution in [3.8, 4) is 11.5 Å². The van der Waals surface area contributed by atoms with Crippen LogP contribution in [0.15, 0.2) is 66.7 Å². The van der Waals surface area contributed by atoms with E-state index in [-0.39, 0.29) is 18.4 Å². The Morgan fingerprint density at radius 3 is 2.46 bits per heavy atom. The summed E-state index contributed by atoms with van der Waals surface area (Å²) < 4.78 is 10.9. The Morgan fingerprint density at radius 2 is 1.71 bits per heavy atom. The number of nitrogens with one attached hydrogen (secondary N) is 2. The van der Waals surface area contributed by atoms with E-state index in [1.54, 1.807) is 19.2 Å². The van der Waals surface area contributed by atoms with Crippen molar-refractivity contribution in [3.63, 3.8) is 0 Å². The number of likely N-dealkylation sites (N-methyl/N-ethyl adjacent to an activating group) is 1. The fraction of sp³-hybridized carbons (Fsp3) is 0.286. The summed E-state index contributed by atoms with van der Waals surface area (Å²) >= 11 is 0. The minimum atomic E-state index is -0.193. The minimum absolute atomic E-state index is 0.0831. The second-order valence-corrected chi connectivity index (χ2v) is 8.40. The van der Waals surface area contributed by atoms with E-state index in [0.29, 0.717) is 30.2 Å². The largest absolute Gasteiger partial charge is 0.493 e. The molecule has 3 aromatic rings. The van der Waals surface area contributed by atoms with Gasteiger partial charge >= 0.3 is 0 Å². The van der Waals surface area contributed by atoms with Gasteiger partial charge in [0.1, 0.15) is 0 Å². The maximum atomic E-state index is 12.7. The Kier molecular flexibility index (Phi) is 7.88. The van der Waals surface area contributed by atoms with Gasteiger partial charge in [-0.3, -0.25) is 9.59 Å². The molecule has 2 amide bonds. The van der Waals surface area contributed by atoms with Crippen LogP contribution in [0.2, 0.25) is 0 Å².